The number of nitrogens with one attached hydrogen (secondary N) is 1. The van der Waals surface area contributed by atoms with Crippen LogP contribution in [0.25, 0.3) is 0 Å². The molecule has 1 heterocycles. The Labute approximate surface area is 123 Å². The van der Waals surface area contributed by atoms with Crippen LogP contribution in [0.4, 0.5) is 13.2 Å². The number of rotatable bonds is 3. The molecule has 0 spiro atoms. The van der Waals surface area contributed by atoms with Gasteiger partial charge in [0, 0.05) is 5.30 Å². The van der Waals surface area contributed by atoms with Crippen molar-refractivity contribution in [2.45, 2.75) is 25.4 Å². The first kappa shape index (κ1) is 16.6. The molecule has 0 aromatic heterocycles. The van der Waals surface area contributed by atoms with Gasteiger partial charge in [-0.2, -0.15) is 13.2 Å². The summed E-state index contributed by atoms with van der Waals surface area (Å²) in [4.78, 5) is 0. The zero-order valence-electron chi connectivity index (χ0n) is 12.3. The molecule has 21 heavy (non-hydrogen) atoms. The maximum atomic E-state index is 13.0. The number of piperidine rings is 1. The lowest BCUT2D eigenvalue weighted by molar-refractivity contribution is -0.137. The molecule has 0 amide bonds. The van der Waals surface area contributed by atoms with E-state index in [4.69, 9.17) is 0 Å². The van der Waals surface area contributed by atoms with Gasteiger partial charge in [-0.1, -0.05) is 0 Å². The Morgan fingerprint density at radius 1 is 1.19 bits per heavy atom. The molecule has 0 aliphatic carbocycles. The zero-order chi connectivity index (χ0) is 15.7. The van der Waals surface area contributed by atoms with Crippen LogP contribution in [0, 0.1) is 5.92 Å². The van der Waals surface area contributed by atoms with Crippen molar-refractivity contribution in [1.82, 2.24) is 5.32 Å². The van der Waals surface area contributed by atoms with E-state index < -0.39 is 18.9 Å². The Bertz CT molecular complexity index is 544. The van der Waals surface area contributed by atoms with E-state index in [1.807, 2.05) is 0 Å². The van der Waals surface area contributed by atoms with Gasteiger partial charge in [-0.05, 0) is 75.4 Å². The number of alkyl halides is 3. The van der Waals surface area contributed by atoms with E-state index in [2.05, 4.69) is 5.32 Å². The van der Waals surface area contributed by atoms with Crippen LogP contribution in [0.3, 0.4) is 0 Å². The Morgan fingerprint density at radius 3 is 2.33 bits per heavy atom. The molecule has 6 heteroatoms. The first-order valence-electron chi connectivity index (χ1n) is 7.14. The first-order chi connectivity index (χ1) is 9.66. The number of halogens is 3. The topological polar surface area (TPSA) is 29.1 Å². The third kappa shape index (κ3) is 4.58. The van der Waals surface area contributed by atoms with Gasteiger partial charge in [0.15, 0.2) is 0 Å². The fraction of sp³-hybridized carbons (Fsp3) is 0.600. The van der Waals surface area contributed by atoms with Crippen LogP contribution < -0.4 is 10.6 Å². The second-order valence-corrected chi connectivity index (χ2v) is 9.35. The molecule has 1 fully saturated rings. The molecule has 1 aromatic rings. The highest BCUT2D eigenvalue weighted by atomic mass is 31.2. The Morgan fingerprint density at radius 2 is 1.81 bits per heavy atom. The highest BCUT2D eigenvalue weighted by molar-refractivity contribution is 7.70. The Kier molecular flexibility index (Phi) is 4.84. The summed E-state index contributed by atoms with van der Waals surface area (Å²) in [5.41, 5.74) is -0.0384. The van der Waals surface area contributed by atoms with Gasteiger partial charge in [0.1, 0.15) is 7.14 Å². The largest absolute Gasteiger partial charge is 0.416 e. The summed E-state index contributed by atoms with van der Waals surface area (Å²) in [7, 11) is -2.71. The molecule has 1 aliphatic heterocycles. The van der Waals surface area contributed by atoms with Gasteiger partial charge >= 0.3 is 6.18 Å². The van der Waals surface area contributed by atoms with E-state index in [0.29, 0.717) is 23.2 Å². The van der Waals surface area contributed by atoms with Crippen molar-refractivity contribution >= 4 is 12.4 Å². The minimum atomic E-state index is -4.39. The van der Waals surface area contributed by atoms with Crippen molar-refractivity contribution in [3.05, 3.63) is 29.3 Å². The maximum absolute atomic E-state index is 13.0. The number of hydrogen-bond acceptors (Lipinski definition) is 2. The van der Waals surface area contributed by atoms with Crippen molar-refractivity contribution in [2.24, 2.45) is 5.92 Å². The Hall–Kier alpha value is -0.800. The number of benzene rings is 1. The van der Waals surface area contributed by atoms with E-state index in [9.17, 15) is 17.7 Å². The first-order valence-corrected chi connectivity index (χ1v) is 9.74. The lowest BCUT2D eigenvalue weighted by Gasteiger charge is -2.23. The molecule has 1 saturated heterocycles. The summed E-state index contributed by atoms with van der Waals surface area (Å²) in [6, 6.07) is 3.94. The van der Waals surface area contributed by atoms with E-state index >= 15 is 0 Å². The van der Waals surface area contributed by atoms with Crippen LogP contribution in [0.15, 0.2) is 18.2 Å². The van der Waals surface area contributed by atoms with Crippen molar-refractivity contribution in [2.75, 3.05) is 26.4 Å². The second kappa shape index (κ2) is 6.13. The van der Waals surface area contributed by atoms with Crippen molar-refractivity contribution in [1.29, 1.82) is 0 Å². The van der Waals surface area contributed by atoms with Gasteiger partial charge in [0.2, 0.25) is 0 Å². The molecule has 1 N–H and O–H groups in total. The van der Waals surface area contributed by atoms with E-state index in [1.165, 1.54) is 19.4 Å². The Balaban J connectivity index is 2.33. The van der Waals surface area contributed by atoms with Crippen LogP contribution in [0.1, 0.15) is 24.0 Å². The third-order valence-electron chi connectivity index (χ3n) is 3.91. The molecule has 0 saturated carbocycles. The van der Waals surface area contributed by atoms with E-state index in [-0.39, 0.29) is 0 Å². The van der Waals surface area contributed by atoms with Crippen molar-refractivity contribution in [3.8, 4) is 0 Å². The molecule has 2 nitrogen and oxygen atoms in total. The molecule has 118 valence electrons. The van der Waals surface area contributed by atoms with Crippen molar-refractivity contribution in [3.63, 3.8) is 0 Å². The summed E-state index contributed by atoms with van der Waals surface area (Å²) in [5, 5.41) is 3.57. The fourth-order valence-electron chi connectivity index (χ4n) is 2.69. The molecule has 0 atom stereocenters. The summed E-state index contributed by atoms with van der Waals surface area (Å²) in [6.45, 7) is 4.85. The molecular formula is C15H21F3NOP. The SMILES string of the molecule is CP(C)(=O)c1cc(CC2CCNCC2)cc(C(F)(F)F)c1. The molecule has 0 bridgehead atoms. The third-order valence-corrected chi connectivity index (χ3v) is 5.41. The highest BCUT2D eigenvalue weighted by Gasteiger charge is 2.32. The summed E-state index contributed by atoms with van der Waals surface area (Å²) < 4.78 is 51.2. The average molecular weight is 319 g/mol. The van der Waals surface area contributed by atoms with Crippen LogP contribution in [0.2, 0.25) is 0 Å². The molecule has 1 aliphatic rings. The van der Waals surface area contributed by atoms with E-state index in [0.717, 1.165) is 32.0 Å². The van der Waals surface area contributed by atoms with E-state index in [1.54, 1.807) is 6.07 Å². The monoisotopic (exact) mass is 319 g/mol. The average Bonchev–Trinajstić information content (AvgIpc) is 2.37. The lowest BCUT2D eigenvalue weighted by atomic mass is 9.90. The molecule has 1 aromatic carbocycles. The van der Waals surface area contributed by atoms with Crippen LogP contribution >= 0.6 is 7.14 Å². The van der Waals surface area contributed by atoms with Gasteiger partial charge < -0.3 is 9.88 Å². The van der Waals surface area contributed by atoms with Crippen molar-refractivity contribution < 1.29 is 17.7 Å². The quantitative estimate of drug-likeness (QED) is 0.864. The van der Waals surface area contributed by atoms with Crippen LogP contribution in [0.5, 0.6) is 0 Å². The van der Waals surface area contributed by atoms with Gasteiger partial charge in [-0.3, -0.25) is 0 Å². The van der Waals surface area contributed by atoms with Gasteiger partial charge in [-0.15, -0.1) is 0 Å². The molecule has 0 radical (unpaired) electrons. The van der Waals surface area contributed by atoms with Gasteiger partial charge in [-0.25, -0.2) is 0 Å². The molecule has 0 unspecified atom stereocenters. The minimum absolute atomic E-state index is 0.321. The standard InChI is InChI=1S/C15H21F3NOP/c1-21(2,20)14-9-12(7-11-3-5-19-6-4-11)8-13(10-14)15(16,17)18/h8-11,19H,3-7H2,1-2H3. The molecular weight excluding hydrogens is 298 g/mol. The fourth-order valence-corrected chi connectivity index (χ4v) is 3.61. The maximum Gasteiger partial charge on any atom is 0.416 e. The predicted molar refractivity (Wildman–Crippen MR) is 79.8 cm³/mol. The van der Waals surface area contributed by atoms with Crippen LogP contribution in [-0.2, 0) is 17.2 Å². The normalized spacial score (nSPS) is 18.0. The number of hydrogen-bond donors (Lipinski definition) is 1. The lowest BCUT2D eigenvalue weighted by Crippen LogP contribution is -2.29. The van der Waals surface area contributed by atoms with Gasteiger partial charge in [0.05, 0.1) is 5.56 Å². The second-order valence-electron chi connectivity index (χ2n) is 6.13. The summed E-state index contributed by atoms with van der Waals surface area (Å²) in [6.07, 6.45) is -1.82. The minimum Gasteiger partial charge on any atom is -0.319 e. The summed E-state index contributed by atoms with van der Waals surface area (Å²) in [5.74, 6) is 0.399. The highest BCUT2D eigenvalue weighted by Crippen LogP contribution is 2.38. The summed E-state index contributed by atoms with van der Waals surface area (Å²) >= 11 is 0. The predicted octanol–water partition coefficient (Wildman–Crippen LogP) is 3.50. The zero-order valence-corrected chi connectivity index (χ0v) is 13.2. The van der Waals surface area contributed by atoms with Gasteiger partial charge in [0.25, 0.3) is 0 Å². The smallest absolute Gasteiger partial charge is 0.319 e. The van der Waals surface area contributed by atoms with Crippen LogP contribution in [-0.4, -0.2) is 26.4 Å². The molecule has 2 rings (SSSR count).